The molecule has 1 saturated heterocycles. The Morgan fingerprint density at radius 2 is 2.04 bits per heavy atom. The summed E-state index contributed by atoms with van der Waals surface area (Å²) < 4.78 is 0. The Labute approximate surface area is 138 Å². The maximum absolute atomic E-state index is 12.5. The van der Waals surface area contributed by atoms with Gasteiger partial charge in [-0.3, -0.25) is 4.79 Å². The van der Waals surface area contributed by atoms with Crippen molar-refractivity contribution in [2.24, 2.45) is 5.92 Å². The van der Waals surface area contributed by atoms with E-state index in [1.807, 2.05) is 17.0 Å². The van der Waals surface area contributed by atoms with Crippen LogP contribution in [0.5, 0.6) is 0 Å². The highest BCUT2D eigenvalue weighted by atomic mass is 16.3. The van der Waals surface area contributed by atoms with Gasteiger partial charge >= 0.3 is 0 Å². The summed E-state index contributed by atoms with van der Waals surface area (Å²) in [6, 6.07) is 6.41. The monoisotopic (exact) mass is 314 g/mol. The molecule has 2 heterocycles. The van der Waals surface area contributed by atoms with E-state index in [0.29, 0.717) is 5.91 Å². The summed E-state index contributed by atoms with van der Waals surface area (Å²) in [4.78, 5) is 16.8. The molecule has 0 bridgehead atoms. The van der Waals surface area contributed by atoms with E-state index in [1.165, 1.54) is 18.4 Å². The molecule has 2 fully saturated rings. The van der Waals surface area contributed by atoms with Gasteiger partial charge in [-0.2, -0.15) is 0 Å². The first-order chi connectivity index (χ1) is 11.1. The average molecular weight is 314 g/mol. The van der Waals surface area contributed by atoms with Crippen LogP contribution in [0.2, 0.25) is 0 Å². The number of likely N-dealkylation sites (tertiary alicyclic amines) is 1. The van der Waals surface area contributed by atoms with Gasteiger partial charge in [-0.15, -0.1) is 0 Å². The van der Waals surface area contributed by atoms with E-state index in [9.17, 15) is 9.90 Å². The van der Waals surface area contributed by atoms with Crippen molar-refractivity contribution in [3.63, 3.8) is 0 Å². The van der Waals surface area contributed by atoms with Gasteiger partial charge in [-0.25, -0.2) is 0 Å². The van der Waals surface area contributed by atoms with Crippen LogP contribution < -0.4 is 4.90 Å². The zero-order valence-corrected chi connectivity index (χ0v) is 13.9. The molecule has 1 saturated carbocycles. The molecule has 0 aromatic heterocycles. The fraction of sp³-hybridized carbons (Fsp3) is 0.632. The minimum Gasteiger partial charge on any atom is -0.387 e. The van der Waals surface area contributed by atoms with Crippen LogP contribution in [0.25, 0.3) is 0 Å². The second-order valence-electron chi connectivity index (χ2n) is 7.45. The summed E-state index contributed by atoms with van der Waals surface area (Å²) in [6.07, 6.45) is 5.05. The molecular formula is C19H26N2O2. The standard InChI is InChI=1S/C19H26N2O2/c1-13-10-16-11-15(18(22)12-20-8-2-3-9-20)6-7-17(16)21(13)19(23)14-4-5-14/h6-7,11,13-14,18,22H,2-5,8-10,12H2,1H3/t13-,18-/m0/s1. The number of nitrogens with zero attached hydrogens (tertiary/aromatic N) is 2. The summed E-state index contributed by atoms with van der Waals surface area (Å²) in [6.45, 7) is 5.05. The normalized spacial score (nSPS) is 25.7. The third-order valence-corrected chi connectivity index (χ3v) is 5.50. The lowest BCUT2D eigenvalue weighted by molar-refractivity contribution is -0.120. The SMILES string of the molecule is C[C@H]1Cc2cc([C@@H](O)CN3CCCC3)ccc2N1C(=O)C1CC1. The van der Waals surface area contributed by atoms with Crippen LogP contribution in [0.15, 0.2) is 18.2 Å². The first kappa shape index (κ1) is 15.2. The Morgan fingerprint density at radius 1 is 1.30 bits per heavy atom. The number of amides is 1. The van der Waals surface area contributed by atoms with Crippen LogP contribution in [0.4, 0.5) is 5.69 Å². The second kappa shape index (κ2) is 5.91. The van der Waals surface area contributed by atoms with Gasteiger partial charge in [0.1, 0.15) is 0 Å². The molecule has 2 aliphatic heterocycles. The van der Waals surface area contributed by atoms with Crippen LogP contribution in [0.1, 0.15) is 49.8 Å². The van der Waals surface area contributed by atoms with Gasteiger partial charge in [0.05, 0.1) is 6.10 Å². The van der Waals surface area contributed by atoms with Crippen LogP contribution in [-0.2, 0) is 11.2 Å². The van der Waals surface area contributed by atoms with Crippen molar-refractivity contribution in [3.8, 4) is 0 Å². The number of hydrogen-bond donors (Lipinski definition) is 1. The Kier molecular flexibility index (Phi) is 3.90. The number of rotatable bonds is 4. The fourth-order valence-corrected chi connectivity index (χ4v) is 4.04. The third-order valence-electron chi connectivity index (χ3n) is 5.50. The summed E-state index contributed by atoms with van der Waals surface area (Å²) in [7, 11) is 0. The molecule has 1 N–H and O–H groups in total. The Balaban J connectivity index is 1.52. The van der Waals surface area contributed by atoms with Crippen LogP contribution in [0, 0.1) is 5.92 Å². The number of anilines is 1. The van der Waals surface area contributed by atoms with E-state index in [-0.39, 0.29) is 12.0 Å². The minimum absolute atomic E-state index is 0.240. The summed E-state index contributed by atoms with van der Waals surface area (Å²) in [5, 5.41) is 10.5. The fourth-order valence-electron chi connectivity index (χ4n) is 4.04. The third kappa shape index (κ3) is 2.90. The Morgan fingerprint density at radius 3 is 2.74 bits per heavy atom. The summed E-state index contributed by atoms with van der Waals surface area (Å²) in [5.41, 5.74) is 3.26. The molecule has 3 aliphatic rings. The minimum atomic E-state index is -0.429. The van der Waals surface area contributed by atoms with E-state index >= 15 is 0 Å². The van der Waals surface area contributed by atoms with Gasteiger partial charge in [0.2, 0.25) is 5.91 Å². The molecule has 23 heavy (non-hydrogen) atoms. The molecule has 0 spiro atoms. The second-order valence-corrected chi connectivity index (χ2v) is 7.45. The average Bonchev–Trinajstić information content (AvgIpc) is 3.17. The molecular weight excluding hydrogens is 288 g/mol. The Bertz CT molecular complexity index is 605. The van der Waals surface area contributed by atoms with E-state index in [1.54, 1.807) is 0 Å². The van der Waals surface area contributed by atoms with Crippen molar-refractivity contribution in [3.05, 3.63) is 29.3 Å². The van der Waals surface area contributed by atoms with Crippen molar-refractivity contribution >= 4 is 11.6 Å². The van der Waals surface area contributed by atoms with E-state index < -0.39 is 6.10 Å². The zero-order chi connectivity index (χ0) is 16.0. The predicted octanol–water partition coefficient (Wildman–Crippen LogP) is 2.50. The number of hydrogen-bond acceptors (Lipinski definition) is 3. The van der Waals surface area contributed by atoms with Crippen LogP contribution >= 0.6 is 0 Å². The zero-order valence-electron chi connectivity index (χ0n) is 13.9. The lowest BCUT2D eigenvalue weighted by atomic mass is 10.0. The van der Waals surface area contributed by atoms with Gasteiger partial charge in [0.15, 0.2) is 0 Å². The van der Waals surface area contributed by atoms with Gasteiger partial charge < -0.3 is 14.9 Å². The van der Waals surface area contributed by atoms with Gasteiger partial charge in [-0.05, 0) is 69.3 Å². The number of carbonyl (C=O) groups excluding carboxylic acids is 1. The van der Waals surface area contributed by atoms with Crippen LogP contribution in [-0.4, -0.2) is 41.6 Å². The van der Waals surface area contributed by atoms with E-state index in [2.05, 4.69) is 17.9 Å². The molecule has 1 aromatic carbocycles. The molecule has 1 amide bonds. The topological polar surface area (TPSA) is 43.8 Å². The van der Waals surface area contributed by atoms with Crippen LogP contribution in [0.3, 0.4) is 0 Å². The highest BCUT2D eigenvalue weighted by Crippen LogP contribution is 2.39. The van der Waals surface area contributed by atoms with E-state index in [4.69, 9.17) is 0 Å². The highest BCUT2D eigenvalue weighted by Gasteiger charge is 2.39. The predicted molar refractivity (Wildman–Crippen MR) is 90.5 cm³/mol. The van der Waals surface area contributed by atoms with Gasteiger partial charge in [-0.1, -0.05) is 12.1 Å². The molecule has 1 aromatic rings. The van der Waals surface area contributed by atoms with E-state index in [0.717, 1.165) is 50.1 Å². The number of aliphatic hydroxyl groups is 1. The first-order valence-corrected chi connectivity index (χ1v) is 9.00. The Hall–Kier alpha value is -1.39. The molecule has 4 heteroatoms. The molecule has 124 valence electrons. The quantitative estimate of drug-likeness (QED) is 0.928. The molecule has 1 aliphatic carbocycles. The maximum Gasteiger partial charge on any atom is 0.230 e. The van der Waals surface area contributed by atoms with Crippen molar-refractivity contribution < 1.29 is 9.90 Å². The van der Waals surface area contributed by atoms with Crippen molar-refractivity contribution in [2.75, 3.05) is 24.5 Å². The number of fused-ring (bicyclic) bond motifs is 1. The summed E-state index contributed by atoms with van der Waals surface area (Å²) in [5.74, 6) is 0.547. The van der Waals surface area contributed by atoms with Gasteiger partial charge in [0.25, 0.3) is 0 Å². The lowest BCUT2D eigenvalue weighted by Crippen LogP contribution is -2.36. The van der Waals surface area contributed by atoms with Gasteiger partial charge in [0, 0.05) is 24.2 Å². The number of aliphatic hydroxyl groups excluding tert-OH is 1. The maximum atomic E-state index is 12.5. The number of carbonyl (C=O) groups is 1. The molecule has 4 rings (SSSR count). The molecule has 2 atom stereocenters. The largest absolute Gasteiger partial charge is 0.387 e. The molecule has 0 unspecified atom stereocenters. The smallest absolute Gasteiger partial charge is 0.230 e. The molecule has 4 nitrogen and oxygen atoms in total. The number of β-amino-alcohol motifs (C(OH)–C–C–N with tert-alkyl or cyclic N) is 1. The molecule has 0 radical (unpaired) electrons. The van der Waals surface area contributed by atoms with Crippen molar-refractivity contribution in [1.29, 1.82) is 0 Å². The summed E-state index contributed by atoms with van der Waals surface area (Å²) >= 11 is 0. The van der Waals surface area contributed by atoms with Crippen molar-refractivity contribution in [2.45, 2.75) is 51.2 Å². The van der Waals surface area contributed by atoms with Crippen molar-refractivity contribution in [1.82, 2.24) is 4.90 Å². The lowest BCUT2D eigenvalue weighted by Gasteiger charge is -2.23. The number of benzene rings is 1. The highest BCUT2D eigenvalue weighted by molar-refractivity contribution is 5.98. The first-order valence-electron chi connectivity index (χ1n) is 9.00.